The van der Waals surface area contributed by atoms with Crippen LogP contribution in [0.4, 0.5) is 13.2 Å². The molecule has 0 aliphatic carbocycles. The minimum absolute atomic E-state index is 0.0236. The van der Waals surface area contributed by atoms with Gasteiger partial charge in [0, 0.05) is 23.6 Å². The molecule has 0 unspecified atom stereocenters. The number of hydrogen-bond donors (Lipinski definition) is 2. The lowest BCUT2D eigenvalue weighted by atomic mass is 10.1. The van der Waals surface area contributed by atoms with Crippen molar-refractivity contribution in [2.45, 2.75) is 24.4 Å². The first-order valence-corrected chi connectivity index (χ1v) is 9.87. The maximum atomic E-state index is 12.8. The van der Waals surface area contributed by atoms with Gasteiger partial charge in [0.15, 0.2) is 0 Å². The van der Waals surface area contributed by atoms with Crippen molar-refractivity contribution in [3.8, 4) is 0 Å². The monoisotopic (exact) mass is 416 g/mol. The van der Waals surface area contributed by atoms with Gasteiger partial charge in [0.1, 0.15) is 4.90 Å². The number of nitrogens with one attached hydrogen (secondary N) is 2. The van der Waals surface area contributed by atoms with E-state index in [0.29, 0.717) is 12.5 Å². The van der Waals surface area contributed by atoms with E-state index in [4.69, 9.17) is 11.6 Å². The van der Waals surface area contributed by atoms with Gasteiger partial charge in [0.05, 0.1) is 10.6 Å². The molecule has 9 heteroatoms. The van der Waals surface area contributed by atoms with Crippen molar-refractivity contribution in [1.82, 2.24) is 9.71 Å². The van der Waals surface area contributed by atoms with Gasteiger partial charge in [0.2, 0.25) is 10.0 Å². The van der Waals surface area contributed by atoms with Crippen LogP contribution in [0.5, 0.6) is 0 Å². The minimum Gasteiger partial charge on any atom is -0.361 e. The molecule has 1 aromatic heterocycles. The Morgan fingerprint density at radius 2 is 1.89 bits per heavy atom. The summed E-state index contributed by atoms with van der Waals surface area (Å²) in [4.78, 5) is 2.52. The second-order valence-electron chi connectivity index (χ2n) is 6.15. The molecule has 144 valence electrons. The van der Waals surface area contributed by atoms with Gasteiger partial charge in [-0.1, -0.05) is 23.2 Å². The van der Waals surface area contributed by atoms with E-state index in [1.807, 2.05) is 25.1 Å². The number of rotatable bonds is 5. The maximum absolute atomic E-state index is 12.8. The number of H-pyrrole nitrogens is 1. The Kier molecular flexibility index (Phi) is 5.24. The number of sulfonamides is 1. The van der Waals surface area contributed by atoms with Crippen LogP contribution in [-0.4, -0.2) is 19.9 Å². The quantitative estimate of drug-likeness (QED) is 0.635. The lowest BCUT2D eigenvalue weighted by molar-refractivity contribution is -0.137. The fourth-order valence-electron chi connectivity index (χ4n) is 2.78. The highest BCUT2D eigenvalue weighted by molar-refractivity contribution is 7.89. The van der Waals surface area contributed by atoms with Crippen LogP contribution in [0, 0.1) is 6.92 Å². The molecular formula is C18H16ClF3N2O2S. The Bertz CT molecular complexity index is 1090. The third kappa shape index (κ3) is 4.28. The SMILES string of the molecule is Cc1ccc2[nH]cc(CCNS(=O)(=O)c3cc(C(F)(F)F)ccc3Cl)c2c1. The predicted octanol–water partition coefficient (Wildman–Crippen LogP) is 4.67. The summed E-state index contributed by atoms with van der Waals surface area (Å²) in [6.45, 7) is 1.98. The van der Waals surface area contributed by atoms with Crippen LogP contribution in [0.2, 0.25) is 5.02 Å². The number of aromatic nitrogens is 1. The van der Waals surface area contributed by atoms with E-state index in [1.54, 1.807) is 6.20 Å². The molecule has 0 aliphatic rings. The Labute approximate surface area is 159 Å². The molecule has 0 fully saturated rings. The molecule has 0 amide bonds. The smallest absolute Gasteiger partial charge is 0.361 e. The first kappa shape index (κ1) is 19.7. The van der Waals surface area contributed by atoms with Crippen molar-refractivity contribution < 1.29 is 21.6 Å². The summed E-state index contributed by atoms with van der Waals surface area (Å²) in [5, 5.41) is 0.713. The van der Waals surface area contributed by atoms with Crippen molar-refractivity contribution >= 4 is 32.5 Å². The zero-order chi connectivity index (χ0) is 19.8. The first-order valence-electron chi connectivity index (χ1n) is 8.01. The van der Waals surface area contributed by atoms with Gasteiger partial charge in [-0.3, -0.25) is 0 Å². The molecule has 2 aromatic carbocycles. The number of aryl methyl sites for hydroxylation is 1. The summed E-state index contributed by atoms with van der Waals surface area (Å²) in [5.41, 5.74) is 1.84. The van der Waals surface area contributed by atoms with Crippen LogP contribution in [-0.2, 0) is 22.6 Å². The largest absolute Gasteiger partial charge is 0.416 e. The second kappa shape index (κ2) is 7.18. The molecule has 0 aliphatic heterocycles. The summed E-state index contributed by atoms with van der Waals surface area (Å²) in [5.74, 6) is 0. The second-order valence-corrected chi connectivity index (χ2v) is 8.30. The van der Waals surface area contributed by atoms with Crippen molar-refractivity contribution in [3.05, 3.63) is 64.3 Å². The average Bonchev–Trinajstić information content (AvgIpc) is 2.96. The van der Waals surface area contributed by atoms with Gasteiger partial charge in [-0.15, -0.1) is 0 Å². The van der Waals surface area contributed by atoms with E-state index in [1.165, 1.54) is 0 Å². The molecular weight excluding hydrogens is 401 g/mol. The summed E-state index contributed by atoms with van der Waals surface area (Å²) in [6, 6.07) is 8.10. The number of benzene rings is 2. The lowest BCUT2D eigenvalue weighted by Gasteiger charge is -2.12. The highest BCUT2D eigenvalue weighted by Gasteiger charge is 2.32. The first-order chi connectivity index (χ1) is 12.6. The summed E-state index contributed by atoms with van der Waals surface area (Å²) < 4.78 is 65.7. The van der Waals surface area contributed by atoms with Crippen LogP contribution in [0.1, 0.15) is 16.7 Å². The standard InChI is InChI=1S/C18H16ClF3N2O2S/c1-11-2-5-16-14(8-11)12(10-23-16)6-7-24-27(25,26)17-9-13(18(20,21)22)3-4-15(17)19/h2-5,8-10,23-24H,6-7H2,1H3. The van der Waals surface area contributed by atoms with Crippen molar-refractivity contribution in [2.24, 2.45) is 0 Å². The van der Waals surface area contributed by atoms with Crippen LogP contribution in [0.25, 0.3) is 10.9 Å². The molecule has 2 N–H and O–H groups in total. The number of alkyl halides is 3. The van der Waals surface area contributed by atoms with E-state index in [2.05, 4.69) is 9.71 Å². The molecule has 0 saturated heterocycles. The van der Waals surface area contributed by atoms with Crippen LogP contribution in [0.3, 0.4) is 0 Å². The number of fused-ring (bicyclic) bond motifs is 1. The zero-order valence-electron chi connectivity index (χ0n) is 14.2. The fraction of sp³-hybridized carbons (Fsp3) is 0.222. The highest BCUT2D eigenvalue weighted by atomic mass is 35.5. The third-order valence-electron chi connectivity index (χ3n) is 4.16. The molecule has 27 heavy (non-hydrogen) atoms. The maximum Gasteiger partial charge on any atom is 0.416 e. The van der Waals surface area contributed by atoms with E-state index < -0.39 is 26.7 Å². The minimum atomic E-state index is -4.66. The van der Waals surface area contributed by atoms with Crippen LogP contribution >= 0.6 is 11.6 Å². The fourth-order valence-corrected chi connectivity index (χ4v) is 4.34. The molecule has 0 atom stereocenters. The molecule has 0 saturated carbocycles. The van der Waals surface area contributed by atoms with Crippen molar-refractivity contribution in [3.63, 3.8) is 0 Å². The molecule has 0 bridgehead atoms. The number of hydrogen-bond acceptors (Lipinski definition) is 2. The Balaban J connectivity index is 1.78. The third-order valence-corrected chi connectivity index (χ3v) is 6.10. The van der Waals surface area contributed by atoms with Crippen LogP contribution in [0.15, 0.2) is 47.5 Å². The van der Waals surface area contributed by atoms with Gasteiger partial charge >= 0.3 is 6.18 Å². The van der Waals surface area contributed by atoms with E-state index in [0.717, 1.165) is 34.2 Å². The summed E-state index contributed by atoms with van der Waals surface area (Å²) >= 11 is 5.81. The van der Waals surface area contributed by atoms with Gasteiger partial charge in [-0.25, -0.2) is 13.1 Å². The Hall–Kier alpha value is -2.03. The summed E-state index contributed by atoms with van der Waals surface area (Å²) in [7, 11) is -4.18. The highest BCUT2D eigenvalue weighted by Crippen LogP contribution is 2.33. The van der Waals surface area contributed by atoms with Crippen molar-refractivity contribution in [1.29, 1.82) is 0 Å². The number of aromatic amines is 1. The van der Waals surface area contributed by atoms with E-state index in [9.17, 15) is 21.6 Å². The van der Waals surface area contributed by atoms with Gasteiger partial charge < -0.3 is 4.98 Å². The normalized spacial score (nSPS) is 12.6. The van der Waals surface area contributed by atoms with Crippen LogP contribution < -0.4 is 4.72 Å². The molecule has 0 radical (unpaired) electrons. The zero-order valence-corrected chi connectivity index (χ0v) is 15.8. The van der Waals surface area contributed by atoms with Gasteiger partial charge in [-0.2, -0.15) is 13.2 Å². The molecule has 3 rings (SSSR count). The lowest BCUT2D eigenvalue weighted by Crippen LogP contribution is -2.26. The summed E-state index contributed by atoms with van der Waals surface area (Å²) in [6.07, 6.45) is -2.49. The molecule has 1 heterocycles. The average molecular weight is 417 g/mol. The van der Waals surface area contributed by atoms with Gasteiger partial charge in [0.25, 0.3) is 0 Å². The Morgan fingerprint density at radius 1 is 1.15 bits per heavy atom. The van der Waals surface area contributed by atoms with Gasteiger partial charge in [-0.05, 0) is 49.2 Å². The predicted molar refractivity (Wildman–Crippen MR) is 98.4 cm³/mol. The van der Waals surface area contributed by atoms with Crippen molar-refractivity contribution in [2.75, 3.05) is 6.54 Å². The topological polar surface area (TPSA) is 62.0 Å². The van der Waals surface area contributed by atoms with E-state index >= 15 is 0 Å². The molecule has 0 spiro atoms. The Morgan fingerprint density at radius 3 is 2.59 bits per heavy atom. The van der Waals surface area contributed by atoms with E-state index in [-0.39, 0.29) is 11.6 Å². The number of halogens is 4. The molecule has 3 aromatic rings. The molecule has 4 nitrogen and oxygen atoms in total.